The Kier molecular flexibility index (Phi) is 9.71. The molecular weight excluding hydrogens is 434 g/mol. The van der Waals surface area contributed by atoms with Gasteiger partial charge < -0.3 is 15.2 Å². The predicted molar refractivity (Wildman–Crippen MR) is 117 cm³/mol. The van der Waals surface area contributed by atoms with E-state index in [-0.39, 0.29) is 25.0 Å². The number of ether oxygens (including phenoxy) is 1. The molecule has 1 amide bonds. The van der Waals surface area contributed by atoms with Crippen LogP contribution in [-0.4, -0.2) is 23.5 Å². The lowest BCUT2D eigenvalue weighted by Gasteiger charge is -2.20. The topological polar surface area (TPSA) is 75.6 Å². The van der Waals surface area contributed by atoms with Crippen LogP contribution in [0.2, 0.25) is 0 Å². The van der Waals surface area contributed by atoms with Gasteiger partial charge in [-0.2, -0.15) is 0 Å². The largest absolute Gasteiger partial charge is 0.486 e. The highest BCUT2D eigenvalue weighted by atomic mass is 79.9. The predicted octanol–water partition coefficient (Wildman–Crippen LogP) is 5.74. The van der Waals surface area contributed by atoms with Crippen molar-refractivity contribution in [2.75, 3.05) is 6.54 Å². The van der Waals surface area contributed by atoms with E-state index in [0.29, 0.717) is 5.56 Å². The first kappa shape index (κ1) is 22.9. The zero-order chi connectivity index (χ0) is 21.1. The third-order valence-corrected chi connectivity index (χ3v) is 5.11. The lowest BCUT2D eigenvalue weighted by atomic mass is 10.0. The summed E-state index contributed by atoms with van der Waals surface area (Å²) in [5.74, 6) is -0.396. The summed E-state index contributed by atoms with van der Waals surface area (Å²) in [6.07, 6.45) is 5.36. The van der Waals surface area contributed by atoms with Crippen LogP contribution in [0.1, 0.15) is 67.5 Å². The van der Waals surface area contributed by atoms with Gasteiger partial charge in [-0.3, -0.25) is 9.59 Å². The maximum absolute atomic E-state index is 12.1. The lowest BCUT2D eigenvalue weighted by molar-refractivity contribution is -0.136. The van der Waals surface area contributed by atoms with Crippen LogP contribution in [-0.2, 0) is 4.79 Å². The fourth-order valence-electron chi connectivity index (χ4n) is 2.96. The molecule has 1 unspecified atom stereocenters. The van der Waals surface area contributed by atoms with Gasteiger partial charge in [-0.25, -0.2) is 0 Å². The number of aliphatic carboxylic acids is 1. The van der Waals surface area contributed by atoms with Crippen molar-refractivity contribution in [3.8, 4) is 5.75 Å². The molecule has 0 aromatic heterocycles. The Hall–Kier alpha value is -2.34. The Bertz CT molecular complexity index is 774. The summed E-state index contributed by atoms with van der Waals surface area (Å²) >= 11 is 3.44. The number of carbonyl (C=O) groups excluding carboxylic acids is 1. The molecule has 2 aromatic rings. The smallest absolute Gasteiger partial charge is 0.305 e. The van der Waals surface area contributed by atoms with Gasteiger partial charge in [0.25, 0.3) is 5.91 Å². The zero-order valence-corrected chi connectivity index (χ0v) is 18.3. The number of hydrogen-bond donors (Lipinski definition) is 2. The molecule has 0 heterocycles. The molecule has 29 heavy (non-hydrogen) atoms. The average molecular weight is 462 g/mol. The highest BCUT2D eigenvalue weighted by Crippen LogP contribution is 2.28. The number of amides is 1. The number of carboxylic acids is 1. The van der Waals surface area contributed by atoms with Crippen molar-refractivity contribution in [3.05, 3.63) is 64.1 Å². The van der Waals surface area contributed by atoms with Crippen LogP contribution in [0.15, 0.2) is 53.0 Å². The standard InChI is InChI=1S/C23H28BrNO4/c1-2-3-4-5-6-21(29-20-13-11-19(24)12-14-20)17-7-9-18(10-8-17)23(28)25-16-15-22(26)27/h7-14,21H,2-6,15-16H2,1H3,(H,25,28)(H,26,27). The second-order valence-electron chi connectivity index (χ2n) is 6.93. The number of hydrogen-bond acceptors (Lipinski definition) is 3. The summed E-state index contributed by atoms with van der Waals surface area (Å²) in [5.41, 5.74) is 1.53. The van der Waals surface area contributed by atoms with Crippen molar-refractivity contribution in [3.63, 3.8) is 0 Å². The Morgan fingerprint density at radius 2 is 1.72 bits per heavy atom. The van der Waals surface area contributed by atoms with E-state index in [2.05, 4.69) is 28.2 Å². The quantitative estimate of drug-likeness (QED) is 0.394. The van der Waals surface area contributed by atoms with Gasteiger partial charge >= 0.3 is 5.97 Å². The normalized spacial score (nSPS) is 11.7. The van der Waals surface area contributed by atoms with Crippen LogP contribution >= 0.6 is 15.9 Å². The molecule has 0 spiro atoms. The van der Waals surface area contributed by atoms with E-state index < -0.39 is 5.97 Å². The molecule has 0 fully saturated rings. The van der Waals surface area contributed by atoms with Crippen molar-refractivity contribution in [2.24, 2.45) is 0 Å². The van der Waals surface area contributed by atoms with Gasteiger partial charge in [0.15, 0.2) is 0 Å². The van der Waals surface area contributed by atoms with Gasteiger partial charge in [0.2, 0.25) is 0 Å². The molecule has 5 nitrogen and oxygen atoms in total. The molecule has 2 rings (SSSR count). The number of unbranched alkanes of at least 4 members (excludes halogenated alkanes) is 3. The molecule has 0 aliphatic carbocycles. The van der Waals surface area contributed by atoms with Crippen LogP contribution in [0, 0.1) is 0 Å². The van der Waals surface area contributed by atoms with Gasteiger partial charge in [-0.15, -0.1) is 0 Å². The van der Waals surface area contributed by atoms with Gasteiger partial charge in [-0.05, 0) is 54.8 Å². The van der Waals surface area contributed by atoms with Crippen LogP contribution < -0.4 is 10.1 Å². The Balaban J connectivity index is 2.05. The monoisotopic (exact) mass is 461 g/mol. The first-order valence-electron chi connectivity index (χ1n) is 10.0. The number of nitrogens with one attached hydrogen (secondary N) is 1. The molecular formula is C23H28BrNO4. The number of halogens is 1. The summed E-state index contributed by atoms with van der Waals surface area (Å²) in [7, 11) is 0. The molecule has 0 bridgehead atoms. The van der Waals surface area contributed by atoms with E-state index in [1.54, 1.807) is 12.1 Å². The summed E-state index contributed by atoms with van der Waals surface area (Å²) in [5, 5.41) is 11.3. The number of carboxylic acid groups (broad SMARTS) is 1. The highest BCUT2D eigenvalue weighted by molar-refractivity contribution is 9.10. The molecule has 0 saturated heterocycles. The fraction of sp³-hybridized carbons (Fsp3) is 0.391. The zero-order valence-electron chi connectivity index (χ0n) is 16.7. The first-order valence-corrected chi connectivity index (χ1v) is 10.8. The molecule has 2 aromatic carbocycles. The van der Waals surface area contributed by atoms with Crippen molar-refractivity contribution in [1.29, 1.82) is 0 Å². The van der Waals surface area contributed by atoms with Crippen LogP contribution in [0.25, 0.3) is 0 Å². The van der Waals surface area contributed by atoms with E-state index in [1.165, 1.54) is 19.3 Å². The van der Waals surface area contributed by atoms with Gasteiger partial charge in [-0.1, -0.05) is 54.2 Å². The summed E-state index contributed by atoms with van der Waals surface area (Å²) in [4.78, 5) is 22.7. The molecule has 6 heteroatoms. The van der Waals surface area contributed by atoms with E-state index in [9.17, 15) is 9.59 Å². The molecule has 1 atom stereocenters. The van der Waals surface area contributed by atoms with Crippen molar-refractivity contribution >= 4 is 27.8 Å². The maximum atomic E-state index is 12.1. The van der Waals surface area contributed by atoms with Crippen molar-refractivity contribution in [1.82, 2.24) is 5.32 Å². The lowest BCUT2D eigenvalue weighted by Crippen LogP contribution is -2.26. The molecule has 2 N–H and O–H groups in total. The molecule has 156 valence electrons. The second-order valence-corrected chi connectivity index (χ2v) is 7.85. The number of rotatable bonds is 12. The summed E-state index contributed by atoms with van der Waals surface area (Å²) in [6, 6.07) is 15.1. The van der Waals surface area contributed by atoms with Crippen LogP contribution in [0.4, 0.5) is 0 Å². The average Bonchev–Trinajstić information content (AvgIpc) is 2.71. The van der Waals surface area contributed by atoms with Gasteiger partial charge in [0, 0.05) is 16.6 Å². The SMILES string of the molecule is CCCCCCC(Oc1ccc(Br)cc1)c1ccc(C(=O)NCCC(=O)O)cc1. The molecule has 0 saturated carbocycles. The van der Waals surface area contributed by atoms with E-state index >= 15 is 0 Å². The molecule has 0 radical (unpaired) electrons. The van der Waals surface area contributed by atoms with Gasteiger partial charge in [0.1, 0.15) is 11.9 Å². The summed E-state index contributed by atoms with van der Waals surface area (Å²) < 4.78 is 7.24. The number of benzene rings is 2. The molecule has 0 aliphatic heterocycles. The third-order valence-electron chi connectivity index (χ3n) is 4.58. The summed E-state index contributed by atoms with van der Waals surface area (Å²) in [6.45, 7) is 2.30. The van der Waals surface area contributed by atoms with Crippen molar-refractivity contribution in [2.45, 2.75) is 51.6 Å². The Morgan fingerprint density at radius 3 is 2.34 bits per heavy atom. The van der Waals surface area contributed by atoms with Crippen LogP contribution in [0.5, 0.6) is 5.75 Å². The number of carbonyl (C=O) groups is 2. The maximum Gasteiger partial charge on any atom is 0.305 e. The minimum Gasteiger partial charge on any atom is -0.486 e. The van der Waals surface area contributed by atoms with E-state index in [1.807, 2.05) is 36.4 Å². The third kappa shape index (κ3) is 8.28. The van der Waals surface area contributed by atoms with E-state index in [0.717, 1.165) is 28.6 Å². The van der Waals surface area contributed by atoms with Gasteiger partial charge in [0.05, 0.1) is 6.42 Å². The van der Waals surface area contributed by atoms with Crippen LogP contribution in [0.3, 0.4) is 0 Å². The Labute approximate surface area is 180 Å². The second kappa shape index (κ2) is 12.3. The highest BCUT2D eigenvalue weighted by Gasteiger charge is 2.15. The van der Waals surface area contributed by atoms with Crippen molar-refractivity contribution < 1.29 is 19.4 Å². The first-order chi connectivity index (χ1) is 14.0. The minimum absolute atomic E-state index is 0.0860. The molecule has 0 aliphatic rings. The minimum atomic E-state index is -0.934. The Morgan fingerprint density at radius 1 is 1.03 bits per heavy atom. The fourth-order valence-corrected chi connectivity index (χ4v) is 3.23. The van der Waals surface area contributed by atoms with E-state index in [4.69, 9.17) is 9.84 Å².